The highest BCUT2D eigenvalue weighted by atomic mass is 32.2. The van der Waals surface area contributed by atoms with Gasteiger partial charge in [0.1, 0.15) is 0 Å². The molecule has 5 heteroatoms. The summed E-state index contributed by atoms with van der Waals surface area (Å²) >= 11 is -1.93. The lowest BCUT2D eigenvalue weighted by molar-refractivity contribution is 0.569. The quantitative estimate of drug-likeness (QED) is 0.462. The lowest BCUT2D eigenvalue weighted by atomic mass is 10.6. The zero-order chi connectivity index (χ0) is 7.28. The van der Waals surface area contributed by atoms with Crippen LogP contribution in [0.4, 0.5) is 0 Å². The van der Waals surface area contributed by atoms with Crippen molar-refractivity contribution in [3.63, 3.8) is 0 Å². The lowest BCUT2D eigenvalue weighted by Gasteiger charge is -1.97. The molecule has 0 saturated carbocycles. The molecule has 0 bridgehead atoms. The van der Waals surface area contributed by atoms with Gasteiger partial charge in [-0.1, -0.05) is 0 Å². The number of nitrogens with two attached hydrogens (primary N) is 1. The van der Waals surface area contributed by atoms with Crippen molar-refractivity contribution in [2.75, 3.05) is 13.6 Å². The maximum atomic E-state index is 10.2. The highest BCUT2D eigenvalue weighted by Crippen LogP contribution is 1.92. The average Bonchev–Trinajstić information content (AvgIpc) is 1.82. The lowest BCUT2D eigenvalue weighted by Crippen LogP contribution is -2.14. The fourth-order valence-corrected chi connectivity index (χ4v) is 0.737. The first kappa shape index (κ1) is 8.61. The van der Waals surface area contributed by atoms with Crippen LogP contribution in [-0.4, -0.2) is 22.4 Å². The predicted octanol–water partition coefficient (Wildman–Crippen LogP) is -0.772. The Morgan fingerprint density at radius 1 is 2.00 bits per heavy atom. The molecule has 1 unspecified atom stereocenters. The van der Waals surface area contributed by atoms with E-state index in [1.807, 2.05) is 0 Å². The predicted molar refractivity (Wildman–Crippen MR) is 37.0 cm³/mol. The van der Waals surface area contributed by atoms with Gasteiger partial charge in [0.15, 0.2) is 11.1 Å². The van der Waals surface area contributed by atoms with Crippen LogP contribution in [0.5, 0.6) is 0 Å². The van der Waals surface area contributed by atoms with Gasteiger partial charge in [-0.2, -0.15) is 0 Å². The standard InChI is InChI=1S/C4H10N2O2S/c1-6-3-4(2-5)9(7)8/h2,6H,3,5H2,1H3,(H,7,8)/b4-2+. The van der Waals surface area contributed by atoms with Crippen molar-refractivity contribution in [2.24, 2.45) is 5.73 Å². The van der Waals surface area contributed by atoms with E-state index < -0.39 is 11.1 Å². The van der Waals surface area contributed by atoms with Gasteiger partial charge in [-0.15, -0.1) is 0 Å². The second-order valence-corrected chi connectivity index (χ2v) is 2.44. The second-order valence-electron chi connectivity index (χ2n) is 1.41. The zero-order valence-electron chi connectivity index (χ0n) is 5.13. The van der Waals surface area contributed by atoms with E-state index in [9.17, 15) is 4.21 Å². The summed E-state index contributed by atoms with van der Waals surface area (Å²) < 4.78 is 18.7. The molecule has 0 rings (SSSR count). The van der Waals surface area contributed by atoms with Crippen LogP contribution in [0.1, 0.15) is 0 Å². The molecule has 0 aliphatic carbocycles. The van der Waals surface area contributed by atoms with E-state index in [1.165, 1.54) is 0 Å². The van der Waals surface area contributed by atoms with E-state index in [1.54, 1.807) is 7.05 Å². The molecule has 0 amide bonds. The zero-order valence-corrected chi connectivity index (χ0v) is 5.94. The molecule has 0 aliphatic rings. The molecule has 1 atom stereocenters. The topological polar surface area (TPSA) is 75.3 Å². The first-order valence-electron chi connectivity index (χ1n) is 2.38. The van der Waals surface area contributed by atoms with E-state index in [4.69, 9.17) is 10.3 Å². The van der Waals surface area contributed by atoms with E-state index in [0.717, 1.165) is 6.20 Å². The van der Waals surface area contributed by atoms with Crippen molar-refractivity contribution < 1.29 is 8.76 Å². The van der Waals surface area contributed by atoms with Gasteiger partial charge in [0, 0.05) is 12.7 Å². The van der Waals surface area contributed by atoms with Crippen molar-refractivity contribution >= 4 is 11.1 Å². The van der Waals surface area contributed by atoms with E-state index in [0.29, 0.717) is 6.54 Å². The summed E-state index contributed by atoms with van der Waals surface area (Å²) in [6.45, 7) is 0.347. The minimum absolute atomic E-state index is 0.289. The molecule has 0 aromatic heterocycles. The summed E-state index contributed by atoms with van der Waals surface area (Å²) in [6, 6.07) is 0. The summed E-state index contributed by atoms with van der Waals surface area (Å²) in [4.78, 5) is 0.289. The molecule has 54 valence electrons. The van der Waals surface area contributed by atoms with Crippen LogP contribution in [-0.2, 0) is 11.1 Å². The summed E-state index contributed by atoms with van der Waals surface area (Å²) in [5.74, 6) is 0. The third-order valence-corrected chi connectivity index (χ3v) is 1.49. The summed E-state index contributed by atoms with van der Waals surface area (Å²) in [5, 5.41) is 2.70. The minimum atomic E-state index is -1.93. The molecule has 0 radical (unpaired) electrons. The molecular weight excluding hydrogens is 140 g/mol. The van der Waals surface area contributed by atoms with Gasteiger partial charge in [-0.05, 0) is 7.05 Å². The molecular formula is C4H10N2O2S. The molecule has 4 nitrogen and oxygen atoms in total. The molecule has 9 heavy (non-hydrogen) atoms. The average molecular weight is 150 g/mol. The fraction of sp³-hybridized carbons (Fsp3) is 0.500. The second kappa shape index (κ2) is 4.49. The van der Waals surface area contributed by atoms with Crippen LogP contribution < -0.4 is 11.1 Å². The largest absolute Gasteiger partial charge is 0.404 e. The summed E-state index contributed by atoms with van der Waals surface area (Å²) in [7, 11) is 1.68. The summed E-state index contributed by atoms with van der Waals surface area (Å²) in [5.41, 5.74) is 5.00. The van der Waals surface area contributed by atoms with Crippen LogP contribution >= 0.6 is 0 Å². The van der Waals surface area contributed by atoms with Gasteiger partial charge < -0.3 is 15.6 Å². The van der Waals surface area contributed by atoms with Crippen molar-refractivity contribution in [1.29, 1.82) is 0 Å². The molecule has 0 aliphatic heterocycles. The molecule has 0 aromatic carbocycles. The van der Waals surface area contributed by atoms with Gasteiger partial charge in [0.05, 0.1) is 4.91 Å². The Hall–Kier alpha value is -0.390. The Balaban J connectivity index is 3.85. The van der Waals surface area contributed by atoms with Gasteiger partial charge in [-0.3, -0.25) is 0 Å². The minimum Gasteiger partial charge on any atom is -0.404 e. The van der Waals surface area contributed by atoms with Gasteiger partial charge >= 0.3 is 0 Å². The Labute approximate surface area is 56.4 Å². The molecule has 4 N–H and O–H groups in total. The van der Waals surface area contributed by atoms with Crippen LogP contribution in [0.3, 0.4) is 0 Å². The third-order valence-electron chi connectivity index (χ3n) is 0.761. The highest BCUT2D eigenvalue weighted by molar-refractivity contribution is 7.83. The van der Waals surface area contributed by atoms with Crippen LogP contribution in [0.25, 0.3) is 0 Å². The van der Waals surface area contributed by atoms with Gasteiger partial charge in [0.2, 0.25) is 0 Å². The number of hydrogen-bond acceptors (Lipinski definition) is 3. The van der Waals surface area contributed by atoms with E-state index in [2.05, 4.69) is 5.32 Å². The van der Waals surface area contributed by atoms with E-state index >= 15 is 0 Å². The Morgan fingerprint density at radius 2 is 2.56 bits per heavy atom. The van der Waals surface area contributed by atoms with Crippen molar-refractivity contribution in [1.82, 2.24) is 5.32 Å². The van der Waals surface area contributed by atoms with Crippen molar-refractivity contribution in [3.8, 4) is 0 Å². The van der Waals surface area contributed by atoms with Crippen LogP contribution in [0, 0.1) is 0 Å². The monoisotopic (exact) mass is 150 g/mol. The summed E-state index contributed by atoms with van der Waals surface area (Å²) in [6.07, 6.45) is 1.13. The Kier molecular flexibility index (Phi) is 4.29. The fourth-order valence-electron chi connectivity index (χ4n) is 0.353. The molecule has 0 saturated heterocycles. The van der Waals surface area contributed by atoms with Crippen molar-refractivity contribution in [2.45, 2.75) is 0 Å². The van der Waals surface area contributed by atoms with Crippen LogP contribution in [0.15, 0.2) is 11.1 Å². The maximum Gasteiger partial charge on any atom is 0.185 e. The smallest absolute Gasteiger partial charge is 0.185 e. The molecule has 0 fully saturated rings. The van der Waals surface area contributed by atoms with Crippen LogP contribution in [0.2, 0.25) is 0 Å². The molecule has 0 aromatic rings. The van der Waals surface area contributed by atoms with Gasteiger partial charge in [0.25, 0.3) is 0 Å². The third kappa shape index (κ3) is 3.23. The SMILES string of the molecule is CNC/C(=C\N)S(=O)O. The maximum absolute atomic E-state index is 10.2. The number of likely N-dealkylation sites (N-methyl/N-ethyl adjacent to an activating group) is 1. The number of nitrogens with one attached hydrogen (secondary N) is 1. The normalized spacial score (nSPS) is 15.6. The first-order chi connectivity index (χ1) is 4.22. The first-order valence-corrected chi connectivity index (χ1v) is 3.49. The molecule has 0 spiro atoms. The number of rotatable bonds is 3. The van der Waals surface area contributed by atoms with Crippen molar-refractivity contribution in [3.05, 3.63) is 11.1 Å². The Morgan fingerprint density at radius 3 is 2.67 bits per heavy atom. The van der Waals surface area contributed by atoms with Gasteiger partial charge in [-0.25, -0.2) is 4.21 Å². The molecule has 0 heterocycles. The van der Waals surface area contributed by atoms with E-state index in [-0.39, 0.29) is 4.91 Å². The Bertz CT molecular complexity index is 135. The number of hydrogen-bond donors (Lipinski definition) is 3. The highest BCUT2D eigenvalue weighted by Gasteiger charge is 1.99.